The summed E-state index contributed by atoms with van der Waals surface area (Å²) in [6, 6.07) is 6.35. The molecule has 1 N–H and O–H groups in total. The highest BCUT2D eigenvalue weighted by Crippen LogP contribution is 2.25. The topological polar surface area (TPSA) is 75.4 Å². The van der Waals surface area contributed by atoms with Gasteiger partial charge in [0, 0.05) is 13.1 Å². The number of amides is 1. The second-order valence-corrected chi connectivity index (χ2v) is 7.11. The first-order valence-electron chi connectivity index (χ1n) is 8.98. The van der Waals surface area contributed by atoms with Crippen molar-refractivity contribution in [3.63, 3.8) is 0 Å². The average molecular weight is 355 g/mol. The molecule has 0 unspecified atom stereocenters. The lowest BCUT2D eigenvalue weighted by Crippen LogP contribution is -2.40. The summed E-state index contributed by atoms with van der Waals surface area (Å²) >= 11 is 0. The number of piperidine rings is 1. The van der Waals surface area contributed by atoms with E-state index in [0.29, 0.717) is 25.2 Å². The Morgan fingerprint density at radius 2 is 1.88 bits per heavy atom. The van der Waals surface area contributed by atoms with E-state index in [0.717, 1.165) is 24.0 Å². The maximum absolute atomic E-state index is 12.7. The van der Waals surface area contributed by atoms with E-state index in [2.05, 4.69) is 23.3 Å². The standard InChI is InChI=1S/C20H25N3O3/c1-13-4-5-14(2)16(10-13)11-19(24)22-8-6-17(7-9-22)23-15(3)18(12-21-23)20(25)26/h4-5,10,12,17H,6-9,11H2,1-3H3,(H,25,26). The molecule has 1 aliphatic rings. The molecule has 0 radical (unpaired) electrons. The number of hydrogen-bond acceptors (Lipinski definition) is 3. The molecule has 6 heteroatoms. The number of benzene rings is 1. The largest absolute Gasteiger partial charge is 0.478 e. The van der Waals surface area contributed by atoms with Gasteiger partial charge < -0.3 is 10.0 Å². The van der Waals surface area contributed by atoms with Gasteiger partial charge in [0.15, 0.2) is 0 Å². The molecule has 0 saturated carbocycles. The number of likely N-dealkylation sites (tertiary alicyclic amines) is 1. The first-order valence-corrected chi connectivity index (χ1v) is 8.98. The molecule has 26 heavy (non-hydrogen) atoms. The fraction of sp³-hybridized carbons (Fsp3) is 0.450. The van der Waals surface area contributed by atoms with E-state index in [1.165, 1.54) is 11.8 Å². The van der Waals surface area contributed by atoms with Crippen LogP contribution in [0.3, 0.4) is 0 Å². The van der Waals surface area contributed by atoms with Crippen molar-refractivity contribution in [2.75, 3.05) is 13.1 Å². The van der Waals surface area contributed by atoms with Gasteiger partial charge in [0.1, 0.15) is 5.56 Å². The number of carboxylic acids is 1. The van der Waals surface area contributed by atoms with E-state index >= 15 is 0 Å². The molecule has 2 aromatic rings. The van der Waals surface area contributed by atoms with Crippen molar-refractivity contribution < 1.29 is 14.7 Å². The number of aromatic nitrogens is 2. The molecule has 1 saturated heterocycles. The second kappa shape index (κ2) is 7.32. The third-order valence-corrected chi connectivity index (χ3v) is 5.28. The molecule has 1 aromatic carbocycles. The maximum atomic E-state index is 12.7. The van der Waals surface area contributed by atoms with Crippen LogP contribution in [0.1, 0.15) is 51.6 Å². The molecule has 1 amide bonds. The number of carbonyl (C=O) groups excluding carboxylic acids is 1. The fourth-order valence-corrected chi connectivity index (χ4v) is 3.63. The summed E-state index contributed by atoms with van der Waals surface area (Å²) in [5.41, 5.74) is 4.33. The summed E-state index contributed by atoms with van der Waals surface area (Å²) < 4.78 is 1.80. The monoisotopic (exact) mass is 355 g/mol. The van der Waals surface area contributed by atoms with Crippen molar-refractivity contribution in [3.8, 4) is 0 Å². The summed E-state index contributed by atoms with van der Waals surface area (Å²) in [7, 11) is 0. The SMILES string of the molecule is Cc1ccc(C)c(CC(=O)N2CCC(n3ncc(C(=O)O)c3C)CC2)c1. The van der Waals surface area contributed by atoms with Gasteiger partial charge in [-0.25, -0.2) is 4.79 Å². The van der Waals surface area contributed by atoms with E-state index < -0.39 is 5.97 Å². The predicted molar refractivity (Wildman–Crippen MR) is 98.4 cm³/mol. The Morgan fingerprint density at radius 3 is 2.50 bits per heavy atom. The Bertz CT molecular complexity index is 833. The summed E-state index contributed by atoms with van der Waals surface area (Å²) in [6.45, 7) is 7.21. The molecule has 1 fully saturated rings. The van der Waals surface area contributed by atoms with Gasteiger partial charge in [0.05, 0.1) is 24.4 Å². The summed E-state index contributed by atoms with van der Waals surface area (Å²) in [4.78, 5) is 25.8. The third-order valence-electron chi connectivity index (χ3n) is 5.28. The van der Waals surface area contributed by atoms with Crippen LogP contribution in [0.25, 0.3) is 0 Å². The number of rotatable bonds is 4. The van der Waals surface area contributed by atoms with Crippen LogP contribution >= 0.6 is 0 Å². The lowest BCUT2D eigenvalue weighted by molar-refractivity contribution is -0.131. The van der Waals surface area contributed by atoms with Crippen LogP contribution in [0.2, 0.25) is 0 Å². The molecule has 2 heterocycles. The Kier molecular flexibility index (Phi) is 5.11. The second-order valence-electron chi connectivity index (χ2n) is 7.11. The number of carbonyl (C=O) groups is 2. The number of aryl methyl sites for hydroxylation is 2. The van der Waals surface area contributed by atoms with Gasteiger partial charge in [0.2, 0.25) is 5.91 Å². The van der Waals surface area contributed by atoms with E-state index in [-0.39, 0.29) is 17.5 Å². The van der Waals surface area contributed by atoms with Crippen LogP contribution in [0.15, 0.2) is 24.4 Å². The van der Waals surface area contributed by atoms with Gasteiger partial charge in [0.25, 0.3) is 0 Å². The average Bonchev–Trinajstić information content (AvgIpc) is 3.00. The number of aromatic carboxylic acids is 1. The van der Waals surface area contributed by atoms with Crippen molar-refractivity contribution in [1.82, 2.24) is 14.7 Å². The van der Waals surface area contributed by atoms with Crippen LogP contribution in [0.4, 0.5) is 0 Å². The van der Waals surface area contributed by atoms with Crippen LogP contribution in [-0.2, 0) is 11.2 Å². The smallest absolute Gasteiger partial charge is 0.339 e. The molecule has 3 rings (SSSR count). The Balaban J connectivity index is 1.62. The number of nitrogens with zero attached hydrogens (tertiary/aromatic N) is 3. The van der Waals surface area contributed by atoms with Gasteiger partial charge in [-0.05, 0) is 44.7 Å². The lowest BCUT2D eigenvalue weighted by Gasteiger charge is -2.33. The van der Waals surface area contributed by atoms with Crippen molar-refractivity contribution in [2.24, 2.45) is 0 Å². The van der Waals surface area contributed by atoms with Crippen molar-refractivity contribution >= 4 is 11.9 Å². The van der Waals surface area contributed by atoms with Gasteiger partial charge >= 0.3 is 5.97 Å². The maximum Gasteiger partial charge on any atom is 0.339 e. The Hall–Kier alpha value is -2.63. The zero-order chi connectivity index (χ0) is 18.8. The highest BCUT2D eigenvalue weighted by molar-refractivity contribution is 5.88. The predicted octanol–water partition coefficient (Wildman–Crippen LogP) is 2.91. The zero-order valence-corrected chi connectivity index (χ0v) is 15.5. The molecule has 0 atom stereocenters. The van der Waals surface area contributed by atoms with Gasteiger partial charge in [-0.15, -0.1) is 0 Å². The molecular formula is C20H25N3O3. The first kappa shape index (κ1) is 18.2. The Labute approximate surface area is 153 Å². The minimum Gasteiger partial charge on any atom is -0.478 e. The molecule has 6 nitrogen and oxygen atoms in total. The van der Waals surface area contributed by atoms with E-state index in [1.54, 1.807) is 11.6 Å². The minimum absolute atomic E-state index is 0.146. The van der Waals surface area contributed by atoms with Crippen molar-refractivity contribution in [1.29, 1.82) is 0 Å². The van der Waals surface area contributed by atoms with Crippen LogP contribution in [0.5, 0.6) is 0 Å². The first-order chi connectivity index (χ1) is 12.4. The molecule has 138 valence electrons. The molecule has 0 aliphatic carbocycles. The molecule has 0 spiro atoms. The van der Waals surface area contributed by atoms with Crippen molar-refractivity contribution in [2.45, 2.75) is 46.1 Å². The molecule has 0 bridgehead atoms. The fourth-order valence-electron chi connectivity index (χ4n) is 3.63. The quantitative estimate of drug-likeness (QED) is 0.915. The lowest BCUT2D eigenvalue weighted by atomic mass is 10.0. The van der Waals surface area contributed by atoms with Crippen molar-refractivity contribution in [3.05, 3.63) is 52.3 Å². The third kappa shape index (κ3) is 3.64. The van der Waals surface area contributed by atoms with E-state index in [1.807, 2.05) is 18.7 Å². The van der Waals surface area contributed by atoms with Crippen LogP contribution in [-0.4, -0.2) is 44.8 Å². The van der Waals surface area contributed by atoms with Gasteiger partial charge in [-0.1, -0.05) is 23.8 Å². The van der Waals surface area contributed by atoms with Crippen LogP contribution < -0.4 is 0 Å². The Morgan fingerprint density at radius 1 is 1.19 bits per heavy atom. The van der Waals surface area contributed by atoms with Crippen LogP contribution in [0, 0.1) is 20.8 Å². The molecule has 1 aromatic heterocycles. The number of hydrogen-bond donors (Lipinski definition) is 1. The summed E-state index contributed by atoms with van der Waals surface area (Å²) in [5, 5.41) is 13.4. The summed E-state index contributed by atoms with van der Waals surface area (Å²) in [5.74, 6) is -0.796. The van der Waals surface area contributed by atoms with Gasteiger partial charge in [-0.3, -0.25) is 9.48 Å². The zero-order valence-electron chi connectivity index (χ0n) is 15.5. The van der Waals surface area contributed by atoms with Gasteiger partial charge in [-0.2, -0.15) is 5.10 Å². The summed E-state index contributed by atoms with van der Waals surface area (Å²) in [6.07, 6.45) is 3.43. The highest BCUT2D eigenvalue weighted by Gasteiger charge is 2.26. The van der Waals surface area contributed by atoms with E-state index in [4.69, 9.17) is 5.11 Å². The minimum atomic E-state index is -0.949. The number of carboxylic acid groups (broad SMARTS) is 1. The molecule has 1 aliphatic heterocycles. The highest BCUT2D eigenvalue weighted by atomic mass is 16.4. The van der Waals surface area contributed by atoms with E-state index in [9.17, 15) is 9.59 Å². The molecular weight excluding hydrogens is 330 g/mol. The normalized spacial score (nSPS) is 15.3.